The van der Waals surface area contributed by atoms with Gasteiger partial charge < -0.3 is 9.47 Å². The van der Waals surface area contributed by atoms with Crippen LogP contribution in [0, 0.1) is 12.3 Å². The monoisotopic (exact) mass is 330 g/mol. The summed E-state index contributed by atoms with van der Waals surface area (Å²) in [6.45, 7) is 0.300. The van der Waals surface area contributed by atoms with Crippen molar-refractivity contribution in [1.29, 1.82) is 0 Å². The van der Waals surface area contributed by atoms with E-state index < -0.39 is 0 Å². The maximum absolute atomic E-state index is 12.0. The Morgan fingerprint density at radius 3 is 2.87 bits per heavy atom. The summed E-state index contributed by atoms with van der Waals surface area (Å²) in [5.74, 6) is 4.40. The Morgan fingerprint density at radius 1 is 1.35 bits per heavy atom. The highest BCUT2D eigenvalue weighted by Gasteiger charge is 2.28. The van der Waals surface area contributed by atoms with Crippen LogP contribution in [-0.4, -0.2) is 40.2 Å². The number of fused-ring (bicyclic) bond motifs is 1. The van der Waals surface area contributed by atoms with Crippen molar-refractivity contribution in [3.05, 3.63) is 30.1 Å². The molecule has 118 valence electrons. The van der Waals surface area contributed by atoms with Gasteiger partial charge in [0, 0.05) is 0 Å². The number of rotatable bonds is 5. The summed E-state index contributed by atoms with van der Waals surface area (Å²) < 4.78 is 12.6. The van der Waals surface area contributed by atoms with Crippen molar-refractivity contribution in [2.75, 3.05) is 24.4 Å². The Labute approximate surface area is 137 Å². The summed E-state index contributed by atoms with van der Waals surface area (Å²) in [4.78, 5) is 12.0. The van der Waals surface area contributed by atoms with Gasteiger partial charge in [0.25, 0.3) is 5.91 Å². The molecule has 0 aliphatic carbocycles. The van der Waals surface area contributed by atoms with Crippen LogP contribution in [0.1, 0.15) is 5.82 Å². The van der Waals surface area contributed by atoms with Crippen LogP contribution in [0.15, 0.2) is 29.4 Å². The molecule has 3 rings (SSSR count). The quantitative estimate of drug-likeness (QED) is 0.764. The number of terminal acetylenes is 1. The number of hydrogen-bond donors (Lipinski definition) is 0. The molecule has 0 bridgehead atoms. The molecule has 2 heterocycles. The fourth-order valence-corrected chi connectivity index (χ4v) is 2.98. The lowest BCUT2D eigenvalue weighted by molar-refractivity contribution is -0.117. The van der Waals surface area contributed by atoms with Crippen molar-refractivity contribution in [2.24, 2.45) is 0 Å². The molecule has 0 unspecified atom stereocenters. The van der Waals surface area contributed by atoms with E-state index in [1.165, 1.54) is 16.8 Å². The second kappa shape index (κ2) is 6.62. The molecule has 0 saturated carbocycles. The van der Waals surface area contributed by atoms with E-state index in [9.17, 15) is 4.79 Å². The van der Waals surface area contributed by atoms with E-state index in [1.54, 1.807) is 23.9 Å². The average molecular weight is 330 g/mol. The van der Waals surface area contributed by atoms with Crippen LogP contribution in [0.25, 0.3) is 0 Å². The van der Waals surface area contributed by atoms with Crippen LogP contribution >= 0.6 is 11.8 Å². The molecule has 0 fully saturated rings. The molecule has 0 atom stereocenters. The number of methoxy groups -OCH3 is 1. The number of thioether (sulfide) groups is 1. The number of para-hydroxylation sites is 2. The van der Waals surface area contributed by atoms with Gasteiger partial charge in [0.2, 0.25) is 5.16 Å². The Balaban J connectivity index is 1.84. The Morgan fingerprint density at radius 2 is 2.13 bits per heavy atom. The molecular formula is C15H14N4O3S. The van der Waals surface area contributed by atoms with Crippen LogP contribution < -0.4 is 14.5 Å². The number of nitrogens with zero attached hydrogens (tertiary/aromatic N) is 4. The predicted molar refractivity (Wildman–Crippen MR) is 85.0 cm³/mol. The molecule has 2 aromatic rings. The number of amides is 1. The normalized spacial score (nSPS) is 13.4. The molecule has 8 heteroatoms. The summed E-state index contributed by atoms with van der Waals surface area (Å²) in [5, 5.41) is 10.3. The molecule has 1 aliphatic rings. The van der Waals surface area contributed by atoms with Gasteiger partial charge in [-0.05, 0) is 12.1 Å². The first-order valence-electron chi connectivity index (χ1n) is 6.81. The van der Waals surface area contributed by atoms with Crippen LogP contribution in [0.4, 0.5) is 0 Å². The topological polar surface area (TPSA) is 69.5 Å². The number of carbonyl (C=O) groups excluding carboxylic acids is 1. The summed E-state index contributed by atoms with van der Waals surface area (Å²) in [6.07, 6.45) is 5.35. The second-order valence-corrected chi connectivity index (χ2v) is 5.54. The minimum atomic E-state index is -0.0845. The molecule has 7 nitrogen and oxygen atoms in total. The van der Waals surface area contributed by atoms with Crippen LogP contribution in [0.5, 0.6) is 11.5 Å². The third-order valence-electron chi connectivity index (χ3n) is 3.20. The summed E-state index contributed by atoms with van der Waals surface area (Å²) in [7, 11) is 1.57. The molecule has 23 heavy (non-hydrogen) atoms. The maximum Gasteiger partial charge on any atom is 0.252 e. The van der Waals surface area contributed by atoms with E-state index in [2.05, 4.69) is 16.1 Å². The fraction of sp³-hybridized carbons (Fsp3) is 0.267. The molecular weight excluding hydrogens is 316 g/mol. The predicted octanol–water partition coefficient (Wildman–Crippen LogP) is 1.07. The van der Waals surface area contributed by atoms with Gasteiger partial charge in [-0.15, -0.1) is 16.6 Å². The maximum atomic E-state index is 12.0. The fourth-order valence-electron chi connectivity index (χ4n) is 2.16. The number of carbonyl (C=O) groups is 1. The Kier molecular flexibility index (Phi) is 4.39. The van der Waals surface area contributed by atoms with E-state index in [0.29, 0.717) is 28.2 Å². The SMILES string of the molecule is C#CCN1C(=O)CSc2nnc(COc3ccccc3OC)n21. The molecule has 1 aliphatic heterocycles. The zero-order valence-corrected chi connectivity index (χ0v) is 13.2. The summed E-state index contributed by atoms with van der Waals surface area (Å²) in [5.41, 5.74) is 0. The van der Waals surface area contributed by atoms with Crippen molar-refractivity contribution >= 4 is 17.7 Å². The number of aromatic nitrogens is 3. The van der Waals surface area contributed by atoms with Gasteiger partial charge in [0.15, 0.2) is 17.3 Å². The lowest BCUT2D eigenvalue weighted by Crippen LogP contribution is -2.46. The largest absolute Gasteiger partial charge is 0.493 e. The van der Waals surface area contributed by atoms with Gasteiger partial charge in [0.05, 0.1) is 12.9 Å². The van der Waals surface area contributed by atoms with Crippen molar-refractivity contribution < 1.29 is 14.3 Å². The molecule has 0 radical (unpaired) electrons. The Bertz CT molecular complexity index is 768. The van der Waals surface area contributed by atoms with Crippen molar-refractivity contribution in [3.8, 4) is 23.8 Å². The lowest BCUT2D eigenvalue weighted by Gasteiger charge is -2.27. The highest BCUT2D eigenvalue weighted by atomic mass is 32.2. The second-order valence-electron chi connectivity index (χ2n) is 4.59. The van der Waals surface area contributed by atoms with Gasteiger partial charge >= 0.3 is 0 Å². The summed E-state index contributed by atoms with van der Waals surface area (Å²) in [6, 6.07) is 7.31. The summed E-state index contributed by atoms with van der Waals surface area (Å²) >= 11 is 1.33. The third kappa shape index (κ3) is 2.96. The first-order chi connectivity index (χ1) is 11.2. The van der Waals surface area contributed by atoms with Crippen LogP contribution in [0.2, 0.25) is 0 Å². The van der Waals surface area contributed by atoms with E-state index >= 15 is 0 Å². The number of benzene rings is 1. The van der Waals surface area contributed by atoms with E-state index in [1.807, 2.05) is 12.1 Å². The standard InChI is InChI=1S/C15H14N4O3S/c1-3-8-18-14(20)10-23-15-17-16-13(19(15)18)9-22-12-7-5-4-6-11(12)21-2/h1,4-7H,8-10H2,2H3. The van der Waals surface area contributed by atoms with Gasteiger partial charge in [0.1, 0.15) is 13.2 Å². The van der Waals surface area contributed by atoms with Crippen LogP contribution in [-0.2, 0) is 11.4 Å². The van der Waals surface area contributed by atoms with Gasteiger partial charge in [-0.3, -0.25) is 4.79 Å². The van der Waals surface area contributed by atoms with Crippen molar-refractivity contribution in [2.45, 2.75) is 11.8 Å². The van der Waals surface area contributed by atoms with Crippen molar-refractivity contribution in [3.63, 3.8) is 0 Å². The minimum Gasteiger partial charge on any atom is -0.493 e. The first kappa shape index (κ1) is 15.2. The molecule has 0 saturated heterocycles. The van der Waals surface area contributed by atoms with Gasteiger partial charge in [-0.2, -0.15) is 0 Å². The van der Waals surface area contributed by atoms with Gasteiger partial charge in [-0.1, -0.05) is 29.8 Å². The molecule has 1 amide bonds. The molecule has 1 aromatic carbocycles. The highest BCUT2D eigenvalue weighted by molar-refractivity contribution is 7.99. The zero-order chi connectivity index (χ0) is 16.2. The van der Waals surface area contributed by atoms with E-state index in [0.717, 1.165) is 0 Å². The minimum absolute atomic E-state index is 0.0845. The highest BCUT2D eigenvalue weighted by Crippen LogP contribution is 2.28. The van der Waals surface area contributed by atoms with E-state index in [-0.39, 0.29) is 19.1 Å². The Hall–Kier alpha value is -2.66. The lowest BCUT2D eigenvalue weighted by atomic mass is 10.3. The number of hydrogen-bond acceptors (Lipinski definition) is 6. The molecule has 0 spiro atoms. The number of ether oxygens (including phenoxy) is 2. The first-order valence-corrected chi connectivity index (χ1v) is 7.80. The molecule has 1 aromatic heterocycles. The van der Waals surface area contributed by atoms with E-state index in [4.69, 9.17) is 15.9 Å². The average Bonchev–Trinajstić information content (AvgIpc) is 2.99. The van der Waals surface area contributed by atoms with Gasteiger partial charge in [-0.25, -0.2) is 9.69 Å². The zero-order valence-electron chi connectivity index (χ0n) is 12.4. The smallest absolute Gasteiger partial charge is 0.252 e. The molecule has 0 N–H and O–H groups in total. The van der Waals surface area contributed by atoms with Crippen molar-refractivity contribution in [1.82, 2.24) is 14.9 Å². The van der Waals surface area contributed by atoms with Crippen LogP contribution in [0.3, 0.4) is 0 Å². The third-order valence-corrected chi connectivity index (χ3v) is 4.10.